The van der Waals surface area contributed by atoms with Gasteiger partial charge >= 0.3 is 6.18 Å². The lowest BCUT2D eigenvalue weighted by molar-refractivity contribution is -0.338. The number of hydrogen-bond donors (Lipinski definition) is 1. The van der Waals surface area contributed by atoms with Gasteiger partial charge in [0.2, 0.25) is 5.76 Å². The van der Waals surface area contributed by atoms with E-state index in [1.54, 1.807) is 0 Å². The standard InChI is InChI=1S/C8H5ClF3NO4S2/c9-19(15,16)7-2-1-5(18-7)4-3-6(8(10,11)12)17-13(4)14/h1-4,14H. The number of nitrogens with zero attached hydrogens (tertiary/aromatic N) is 1. The van der Waals surface area contributed by atoms with Crippen LogP contribution in [0.5, 0.6) is 0 Å². The number of hydrogen-bond acceptors (Lipinski definition) is 6. The zero-order chi connectivity index (χ0) is 14.4. The molecule has 5 nitrogen and oxygen atoms in total. The minimum absolute atomic E-state index is 0.000707. The fourth-order valence-corrected chi connectivity index (χ4v) is 3.50. The van der Waals surface area contributed by atoms with Crippen LogP contribution in [0.1, 0.15) is 10.9 Å². The molecule has 1 N–H and O–H groups in total. The maximum atomic E-state index is 12.4. The van der Waals surface area contributed by atoms with Crippen molar-refractivity contribution in [1.82, 2.24) is 5.23 Å². The van der Waals surface area contributed by atoms with Crippen LogP contribution >= 0.6 is 22.0 Å². The summed E-state index contributed by atoms with van der Waals surface area (Å²) in [5, 5.41) is 9.27. The Morgan fingerprint density at radius 2 is 2.05 bits per heavy atom. The molecule has 1 aromatic heterocycles. The predicted octanol–water partition coefficient (Wildman–Crippen LogP) is 2.80. The van der Waals surface area contributed by atoms with Gasteiger partial charge in [-0.25, -0.2) is 8.42 Å². The van der Waals surface area contributed by atoms with Gasteiger partial charge in [0.1, 0.15) is 10.3 Å². The highest BCUT2D eigenvalue weighted by molar-refractivity contribution is 8.15. The molecule has 0 saturated carbocycles. The van der Waals surface area contributed by atoms with E-state index < -0.39 is 27.0 Å². The Balaban J connectivity index is 2.33. The van der Waals surface area contributed by atoms with E-state index in [-0.39, 0.29) is 14.3 Å². The van der Waals surface area contributed by atoms with Gasteiger partial charge in [-0.2, -0.15) is 13.2 Å². The van der Waals surface area contributed by atoms with Crippen molar-refractivity contribution in [3.63, 3.8) is 0 Å². The fourth-order valence-electron chi connectivity index (χ4n) is 1.36. The van der Waals surface area contributed by atoms with Crippen molar-refractivity contribution in [2.24, 2.45) is 0 Å². The van der Waals surface area contributed by atoms with Crippen molar-refractivity contribution >= 4 is 31.1 Å². The van der Waals surface area contributed by atoms with E-state index in [4.69, 9.17) is 10.7 Å². The van der Waals surface area contributed by atoms with Gasteiger partial charge in [-0.3, -0.25) is 5.21 Å². The van der Waals surface area contributed by atoms with Crippen LogP contribution in [-0.2, 0) is 13.9 Å². The quantitative estimate of drug-likeness (QED) is 0.842. The van der Waals surface area contributed by atoms with Gasteiger partial charge in [0, 0.05) is 15.6 Å². The molecule has 2 rings (SSSR count). The topological polar surface area (TPSA) is 66.8 Å². The number of halogens is 4. The molecule has 1 unspecified atom stereocenters. The van der Waals surface area contributed by atoms with Crippen molar-refractivity contribution in [1.29, 1.82) is 0 Å². The summed E-state index contributed by atoms with van der Waals surface area (Å²) in [6.45, 7) is 0. The van der Waals surface area contributed by atoms with Crippen LogP contribution in [0.25, 0.3) is 0 Å². The Labute approximate surface area is 113 Å². The lowest BCUT2D eigenvalue weighted by Gasteiger charge is -2.14. The molecule has 0 saturated heterocycles. The number of hydroxylamine groups is 2. The van der Waals surface area contributed by atoms with Crippen molar-refractivity contribution in [3.05, 3.63) is 28.8 Å². The third-order valence-corrected chi connectivity index (χ3v) is 5.40. The van der Waals surface area contributed by atoms with Crippen LogP contribution in [-0.4, -0.2) is 25.0 Å². The lowest BCUT2D eigenvalue weighted by Crippen LogP contribution is -2.20. The summed E-state index contributed by atoms with van der Waals surface area (Å²) in [5.41, 5.74) is 0. The summed E-state index contributed by atoms with van der Waals surface area (Å²) in [6, 6.07) is 1.14. The van der Waals surface area contributed by atoms with E-state index in [0.717, 1.165) is 6.07 Å². The zero-order valence-corrected chi connectivity index (χ0v) is 11.1. The van der Waals surface area contributed by atoms with Gasteiger partial charge in [-0.05, 0) is 23.4 Å². The van der Waals surface area contributed by atoms with Crippen LogP contribution < -0.4 is 0 Å². The number of allylic oxidation sites excluding steroid dienone is 1. The van der Waals surface area contributed by atoms with Gasteiger partial charge in [-0.1, -0.05) is 0 Å². The van der Waals surface area contributed by atoms with Crippen molar-refractivity contribution in [2.45, 2.75) is 16.4 Å². The summed E-state index contributed by atoms with van der Waals surface area (Å²) < 4.78 is 59.0. The molecule has 2 heterocycles. The zero-order valence-electron chi connectivity index (χ0n) is 8.76. The maximum absolute atomic E-state index is 12.4. The second-order valence-corrected chi connectivity index (χ2v) is 7.37. The Morgan fingerprint density at radius 1 is 1.42 bits per heavy atom. The van der Waals surface area contributed by atoms with Crippen molar-refractivity contribution in [3.8, 4) is 0 Å². The van der Waals surface area contributed by atoms with Gasteiger partial charge in [0.05, 0.1) is 0 Å². The minimum Gasteiger partial charge on any atom is -0.375 e. The SMILES string of the molecule is O=S(=O)(Cl)c1ccc(C2C=C(C(F)(F)F)ON2O)s1. The van der Waals surface area contributed by atoms with E-state index in [2.05, 4.69) is 4.84 Å². The first-order chi connectivity index (χ1) is 8.59. The molecular weight excluding hydrogens is 331 g/mol. The summed E-state index contributed by atoms with van der Waals surface area (Å²) in [5.74, 6) is -1.37. The molecule has 0 fully saturated rings. The average Bonchev–Trinajstić information content (AvgIpc) is 2.80. The molecule has 1 aromatic rings. The first kappa shape index (κ1) is 14.6. The molecule has 11 heteroatoms. The van der Waals surface area contributed by atoms with Crippen LogP contribution in [0.15, 0.2) is 28.2 Å². The average molecular weight is 336 g/mol. The van der Waals surface area contributed by atoms with E-state index in [1.807, 2.05) is 0 Å². The Kier molecular flexibility index (Phi) is 3.56. The lowest BCUT2D eigenvalue weighted by atomic mass is 10.2. The molecular formula is C8H5ClF3NO4S2. The van der Waals surface area contributed by atoms with Gasteiger partial charge < -0.3 is 4.84 Å². The maximum Gasteiger partial charge on any atom is 0.451 e. The highest BCUT2D eigenvalue weighted by Gasteiger charge is 2.44. The second-order valence-electron chi connectivity index (χ2n) is 3.46. The highest BCUT2D eigenvalue weighted by Crippen LogP contribution is 2.40. The Hall–Kier alpha value is -0.810. The van der Waals surface area contributed by atoms with E-state index in [9.17, 15) is 26.8 Å². The highest BCUT2D eigenvalue weighted by atomic mass is 35.7. The molecule has 0 amide bonds. The van der Waals surface area contributed by atoms with E-state index in [0.29, 0.717) is 17.4 Å². The molecule has 0 spiro atoms. The number of thiophene rings is 1. The minimum atomic E-state index is -4.74. The van der Waals surface area contributed by atoms with Gasteiger partial charge in [0.25, 0.3) is 9.05 Å². The molecule has 1 atom stereocenters. The smallest absolute Gasteiger partial charge is 0.375 e. The molecule has 0 aromatic carbocycles. The second kappa shape index (κ2) is 4.63. The molecule has 106 valence electrons. The first-order valence-electron chi connectivity index (χ1n) is 4.58. The number of rotatable bonds is 2. The fraction of sp³-hybridized carbons (Fsp3) is 0.250. The molecule has 0 aliphatic carbocycles. The summed E-state index contributed by atoms with van der Waals surface area (Å²) in [4.78, 5) is 4.28. The molecule has 0 bridgehead atoms. The van der Waals surface area contributed by atoms with Crippen molar-refractivity contribution < 1.29 is 31.6 Å². The normalized spacial score (nSPS) is 21.3. The van der Waals surface area contributed by atoms with Crippen molar-refractivity contribution in [2.75, 3.05) is 0 Å². The molecule has 1 aliphatic heterocycles. The summed E-state index contributed by atoms with van der Waals surface area (Å²) in [7, 11) is 1.13. The molecule has 19 heavy (non-hydrogen) atoms. The van der Waals surface area contributed by atoms with E-state index >= 15 is 0 Å². The Morgan fingerprint density at radius 3 is 2.47 bits per heavy atom. The summed E-state index contributed by atoms with van der Waals surface area (Å²) in [6.07, 6.45) is -4.11. The van der Waals surface area contributed by atoms with Crippen LogP contribution in [0.3, 0.4) is 0 Å². The van der Waals surface area contributed by atoms with Crippen LogP contribution in [0, 0.1) is 0 Å². The largest absolute Gasteiger partial charge is 0.451 e. The molecule has 0 radical (unpaired) electrons. The van der Waals surface area contributed by atoms with Gasteiger partial charge in [0.15, 0.2) is 0 Å². The third-order valence-electron chi connectivity index (χ3n) is 2.15. The Bertz CT molecular complexity index is 624. The third kappa shape index (κ3) is 3.03. The summed E-state index contributed by atoms with van der Waals surface area (Å²) >= 11 is 0.640. The van der Waals surface area contributed by atoms with Gasteiger partial charge in [-0.15, -0.1) is 11.3 Å². The number of alkyl halides is 3. The predicted molar refractivity (Wildman–Crippen MR) is 58.9 cm³/mol. The monoisotopic (exact) mass is 335 g/mol. The van der Waals surface area contributed by atoms with Crippen LogP contribution in [0.4, 0.5) is 13.2 Å². The molecule has 1 aliphatic rings. The van der Waals surface area contributed by atoms with E-state index in [1.165, 1.54) is 6.07 Å². The first-order valence-corrected chi connectivity index (χ1v) is 7.71. The van der Waals surface area contributed by atoms with Crippen LogP contribution in [0.2, 0.25) is 0 Å².